The lowest BCUT2D eigenvalue weighted by molar-refractivity contribution is 0.145. The van der Waals surface area contributed by atoms with E-state index < -0.39 is 0 Å². The summed E-state index contributed by atoms with van der Waals surface area (Å²) in [6, 6.07) is 8.08. The highest BCUT2D eigenvalue weighted by Gasteiger charge is 1.98. The fraction of sp³-hybridized carbons (Fsp3) is 0.611. The van der Waals surface area contributed by atoms with Crippen molar-refractivity contribution in [3.63, 3.8) is 0 Å². The lowest BCUT2D eigenvalue weighted by Crippen LogP contribution is -2.38. The monoisotopic (exact) mass is 321 g/mol. The van der Waals surface area contributed by atoms with E-state index in [1.54, 1.807) is 0 Å². The largest absolute Gasteiger partial charge is 0.493 e. The molecule has 5 nitrogen and oxygen atoms in total. The molecule has 0 aliphatic carbocycles. The zero-order valence-corrected chi connectivity index (χ0v) is 14.7. The first-order valence-corrected chi connectivity index (χ1v) is 8.56. The molecule has 0 aliphatic heterocycles. The number of guanidine groups is 1. The van der Waals surface area contributed by atoms with Crippen LogP contribution in [-0.2, 0) is 4.74 Å². The Kier molecular flexibility index (Phi) is 10.7. The minimum absolute atomic E-state index is 0.679. The third-order valence-corrected chi connectivity index (χ3v) is 3.23. The summed E-state index contributed by atoms with van der Waals surface area (Å²) >= 11 is 0. The van der Waals surface area contributed by atoms with Crippen LogP contribution in [0.15, 0.2) is 29.3 Å². The molecule has 0 radical (unpaired) electrons. The van der Waals surface area contributed by atoms with Crippen LogP contribution in [-0.4, -0.2) is 45.4 Å². The molecule has 0 heterocycles. The van der Waals surface area contributed by atoms with E-state index in [1.165, 1.54) is 5.56 Å². The van der Waals surface area contributed by atoms with Gasteiger partial charge in [0.05, 0.1) is 6.61 Å². The van der Waals surface area contributed by atoms with Crippen molar-refractivity contribution in [1.29, 1.82) is 0 Å². The first-order valence-electron chi connectivity index (χ1n) is 8.56. The van der Waals surface area contributed by atoms with Crippen LogP contribution in [0.5, 0.6) is 5.75 Å². The van der Waals surface area contributed by atoms with Crippen molar-refractivity contribution in [3.8, 4) is 5.75 Å². The molecule has 0 unspecified atom stereocenters. The maximum Gasteiger partial charge on any atom is 0.191 e. The fourth-order valence-corrected chi connectivity index (χ4v) is 2.02. The third-order valence-electron chi connectivity index (χ3n) is 3.23. The number of rotatable bonds is 11. The molecule has 0 aliphatic rings. The zero-order chi connectivity index (χ0) is 16.8. The average molecular weight is 321 g/mol. The summed E-state index contributed by atoms with van der Waals surface area (Å²) in [7, 11) is 0. The molecule has 0 bridgehead atoms. The van der Waals surface area contributed by atoms with Gasteiger partial charge in [-0.1, -0.05) is 18.2 Å². The normalized spacial score (nSPS) is 11.3. The van der Waals surface area contributed by atoms with Crippen LogP contribution in [0.4, 0.5) is 0 Å². The van der Waals surface area contributed by atoms with Gasteiger partial charge in [0.2, 0.25) is 0 Å². The molecular formula is C18H31N3O2. The second-order valence-corrected chi connectivity index (χ2v) is 5.21. The number of nitrogens with zero attached hydrogens (tertiary/aromatic N) is 1. The molecule has 23 heavy (non-hydrogen) atoms. The molecule has 130 valence electrons. The van der Waals surface area contributed by atoms with Crippen molar-refractivity contribution >= 4 is 5.96 Å². The highest BCUT2D eigenvalue weighted by Crippen LogP contribution is 2.15. The Labute approximate surface area is 140 Å². The Morgan fingerprint density at radius 3 is 2.65 bits per heavy atom. The van der Waals surface area contributed by atoms with E-state index >= 15 is 0 Å². The second kappa shape index (κ2) is 12.8. The van der Waals surface area contributed by atoms with E-state index in [1.807, 2.05) is 25.1 Å². The number of hydrogen-bond donors (Lipinski definition) is 2. The van der Waals surface area contributed by atoms with Gasteiger partial charge in [0.25, 0.3) is 0 Å². The van der Waals surface area contributed by atoms with Gasteiger partial charge in [-0.2, -0.15) is 0 Å². The molecule has 0 spiro atoms. The minimum Gasteiger partial charge on any atom is -0.493 e. The van der Waals surface area contributed by atoms with Crippen molar-refractivity contribution < 1.29 is 9.47 Å². The van der Waals surface area contributed by atoms with Crippen LogP contribution >= 0.6 is 0 Å². The van der Waals surface area contributed by atoms with Crippen LogP contribution in [0.1, 0.15) is 32.3 Å². The van der Waals surface area contributed by atoms with Crippen LogP contribution in [0.3, 0.4) is 0 Å². The Bertz CT molecular complexity index is 450. The summed E-state index contributed by atoms with van der Waals surface area (Å²) in [6.07, 6.45) is 1.87. The van der Waals surface area contributed by atoms with Gasteiger partial charge in [-0.15, -0.1) is 0 Å². The lowest BCUT2D eigenvalue weighted by atomic mass is 10.2. The molecule has 0 atom stereocenters. The number of aryl methyl sites for hydroxylation is 1. The lowest BCUT2D eigenvalue weighted by Gasteiger charge is -2.11. The summed E-state index contributed by atoms with van der Waals surface area (Å²) in [5.41, 5.74) is 1.17. The van der Waals surface area contributed by atoms with Crippen molar-refractivity contribution in [1.82, 2.24) is 10.6 Å². The van der Waals surface area contributed by atoms with E-state index in [-0.39, 0.29) is 0 Å². The number of benzene rings is 1. The Balaban J connectivity index is 2.21. The molecule has 0 amide bonds. The number of hydrogen-bond acceptors (Lipinski definition) is 3. The van der Waals surface area contributed by atoms with E-state index in [0.29, 0.717) is 6.61 Å². The average Bonchev–Trinajstić information content (AvgIpc) is 2.55. The molecule has 1 rings (SSSR count). The molecule has 0 fully saturated rings. The maximum atomic E-state index is 5.78. The van der Waals surface area contributed by atoms with Gasteiger partial charge in [-0.25, -0.2) is 0 Å². The molecule has 0 saturated heterocycles. The summed E-state index contributed by atoms with van der Waals surface area (Å²) in [4.78, 5) is 4.56. The second-order valence-electron chi connectivity index (χ2n) is 5.21. The Morgan fingerprint density at radius 2 is 1.91 bits per heavy atom. The number of nitrogens with one attached hydrogen (secondary N) is 2. The van der Waals surface area contributed by atoms with Crippen LogP contribution < -0.4 is 15.4 Å². The number of aliphatic imine (C=N–C) groups is 1. The van der Waals surface area contributed by atoms with Crippen molar-refractivity contribution in [3.05, 3.63) is 29.8 Å². The number of para-hydroxylation sites is 1. The van der Waals surface area contributed by atoms with Crippen LogP contribution in [0, 0.1) is 6.92 Å². The highest BCUT2D eigenvalue weighted by molar-refractivity contribution is 5.79. The summed E-state index contributed by atoms with van der Waals surface area (Å²) in [6.45, 7) is 10.8. The van der Waals surface area contributed by atoms with Gasteiger partial charge >= 0.3 is 0 Å². The van der Waals surface area contributed by atoms with Crippen LogP contribution in [0.25, 0.3) is 0 Å². The third kappa shape index (κ3) is 9.08. The van der Waals surface area contributed by atoms with Crippen molar-refractivity contribution in [2.75, 3.05) is 39.5 Å². The Morgan fingerprint density at radius 1 is 1.09 bits per heavy atom. The molecule has 1 aromatic rings. The van der Waals surface area contributed by atoms with Gasteiger partial charge in [0.1, 0.15) is 5.75 Å². The predicted molar refractivity (Wildman–Crippen MR) is 96.4 cm³/mol. The summed E-state index contributed by atoms with van der Waals surface area (Å²) in [5.74, 6) is 1.82. The molecule has 0 saturated carbocycles. The maximum absolute atomic E-state index is 5.78. The fourth-order valence-electron chi connectivity index (χ4n) is 2.02. The Hall–Kier alpha value is -1.75. The topological polar surface area (TPSA) is 54.9 Å². The van der Waals surface area contributed by atoms with E-state index in [4.69, 9.17) is 9.47 Å². The van der Waals surface area contributed by atoms with E-state index in [2.05, 4.69) is 35.5 Å². The first kappa shape index (κ1) is 19.3. The molecular weight excluding hydrogens is 290 g/mol. The standard InChI is InChI=1S/C18H31N3O2/c1-4-19-18(20-12-8-14-22-5-2)21-13-9-15-23-17-11-7-6-10-16(17)3/h6-7,10-11H,4-5,8-9,12-15H2,1-3H3,(H2,19,20,21). The highest BCUT2D eigenvalue weighted by atomic mass is 16.5. The first-order chi connectivity index (χ1) is 11.3. The molecule has 5 heteroatoms. The smallest absolute Gasteiger partial charge is 0.191 e. The quantitative estimate of drug-likeness (QED) is 0.374. The summed E-state index contributed by atoms with van der Waals surface area (Å²) < 4.78 is 11.1. The number of ether oxygens (including phenoxy) is 2. The van der Waals surface area contributed by atoms with Gasteiger partial charge in [0, 0.05) is 39.3 Å². The van der Waals surface area contributed by atoms with E-state index in [9.17, 15) is 0 Å². The van der Waals surface area contributed by atoms with Crippen molar-refractivity contribution in [2.24, 2.45) is 4.99 Å². The molecule has 0 aromatic heterocycles. The SMILES string of the molecule is CCNC(=NCCCOc1ccccc1C)NCCCOCC. The van der Waals surface area contributed by atoms with Crippen molar-refractivity contribution in [2.45, 2.75) is 33.6 Å². The van der Waals surface area contributed by atoms with Crippen LogP contribution in [0.2, 0.25) is 0 Å². The van der Waals surface area contributed by atoms with Gasteiger partial charge in [-0.3, -0.25) is 4.99 Å². The van der Waals surface area contributed by atoms with Gasteiger partial charge in [0.15, 0.2) is 5.96 Å². The molecule has 2 N–H and O–H groups in total. The molecule has 1 aromatic carbocycles. The predicted octanol–water partition coefficient (Wildman–Crippen LogP) is 2.75. The zero-order valence-electron chi connectivity index (χ0n) is 14.7. The summed E-state index contributed by atoms with van der Waals surface area (Å²) in [5, 5.41) is 6.56. The minimum atomic E-state index is 0.679. The van der Waals surface area contributed by atoms with Gasteiger partial charge < -0.3 is 20.1 Å². The van der Waals surface area contributed by atoms with E-state index in [0.717, 1.165) is 57.4 Å². The van der Waals surface area contributed by atoms with Gasteiger partial charge in [-0.05, 0) is 38.8 Å².